The normalized spacial score (nSPS) is 11.9. The van der Waals surface area contributed by atoms with Gasteiger partial charge >= 0.3 is 0 Å². The number of aromatic nitrogens is 6. The van der Waals surface area contributed by atoms with E-state index in [1.807, 2.05) is 18.2 Å². The molecule has 0 aliphatic carbocycles. The second-order valence-corrected chi connectivity index (χ2v) is 10.9. The minimum Gasteiger partial charge on any atom is -0.463 e. The van der Waals surface area contributed by atoms with Gasteiger partial charge in [0.15, 0.2) is 11.6 Å². The Bertz CT molecular complexity index is 2040. The van der Waals surface area contributed by atoms with Crippen molar-refractivity contribution < 1.29 is 14.3 Å². The summed E-state index contributed by atoms with van der Waals surface area (Å²) in [6.45, 7) is 3.35. The number of thiophene rings is 1. The van der Waals surface area contributed by atoms with E-state index in [4.69, 9.17) is 14.9 Å². The van der Waals surface area contributed by atoms with Gasteiger partial charge in [0, 0.05) is 16.8 Å². The van der Waals surface area contributed by atoms with Crippen LogP contribution in [0.2, 0.25) is 0 Å². The highest BCUT2D eigenvalue weighted by molar-refractivity contribution is 7.17. The number of nitrogens with zero attached hydrogens (tertiary/aromatic N) is 6. The number of hydrogen-bond donors (Lipinski definition) is 2. The van der Waals surface area contributed by atoms with Crippen LogP contribution in [0.5, 0.6) is 11.6 Å². The predicted octanol–water partition coefficient (Wildman–Crippen LogP) is 6.35. The maximum Gasteiger partial charge on any atom is 0.222 e. The summed E-state index contributed by atoms with van der Waals surface area (Å²) < 4.78 is 14.6. The van der Waals surface area contributed by atoms with Crippen molar-refractivity contribution in [1.29, 1.82) is 0 Å². The van der Waals surface area contributed by atoms with Gasteiger partial charge in [-0.15, -0.1) is 16.4 Å². The number of ether oxygens (including phenoxy) is 1. The van der Waals surface area contributed by atoms with Gasteiger partial charge in [-0.05, 0) is 78.7 Å². The van der Waals surface area contributed by atoms with E-state index < -0.39 is 5.60 Å². The summed E-state index contributed by atoms with van der Waals surface area (Å²) in [6.07, 6.45) is 1.59. The van der Waals surface area contributed by atoms with Crippen molar-refractivity contribution in [3.05, 3.63) is 90.1 Å². The van der Waals surface area contributed by atoms with E-state index in [-0.39, 0.29) is 5.95 Å². The highest BCUT2D eigenvalue weighted by Crippen LogP contribution is 2.38. The van der Waals surface area contributed by atoms with E-state index in [1.165, 1.54) is 4.70 Å². The molecule has 202 valence electrons. The maximum absolute atomic E-state index is 10.3. The lowest BCUT2D eigenvalue weighted by Crippen LogP contribution is -2.17. The lowest BCUT2D eigenvalue weighted by molar-refractivity contribution is 0.0733. The van der Waals surface area contributed by atoms with Crippen molar-refractivity contribution in [2.24, 2.45) is 0 Å². The standard InChI is InChI=1S/C30H23N7O3S/c1-30(2,38)24-6-3-7-25(32-24)40-19-9-10-21-20(16-19)35-36-37(21)28-26(18-8-11-23-17(15-18)12-14-41-23)27(33-29(31)34-28)22-5-4-13-39-22/h3-16,38H,1-2H3,(H2,31,33,34). The Kier molecular flexibility index (Phi) is 5.77. The monoisotopic (exact) mass is 561 g/mol. The van der Waals surface area contributed by atoms with E-state index >= 15 is 0 Å². The van der Waals surface area contributed by atoms with Gasteiger partial charge in [0.2, 0.25) is 11.8 Å². The minimum atomic E-state index is -1.09. The summed E-state index contributed by atoms with van der Waals surface area (Å²) >= 11 is 1.68. The molecular formula is C30H23N7O3S. The molecule has 0 unspecified atom stereocenters. The first-order valence-corrected chi connectivity index (χ1v) is 13.6. The number of fused-ring (bicyclic) bond motifs is 2. The van der Waals surface area contributed by atoms with E-state index in [9.17, 15) is 5.11 Å². The third kappa shape index (κ3) is 4.56. The Morgan fingerprint density at radius 2 is 1.88 bits per heavy atom. The fourth-order valence-corrected chi connectivity index (χ4v) is 5.43. The third-order valence-electron chi connectivity index (χ3n) is 6.59. The summed E-state index contributed by atoms with van der Waals surface area (Å²) in [5, 5.41) is 22.3. The molecule has 0 saturated heterocycles. The van der Waals surface area contributed by atoms with Gasteiger partial charge in [-0.2, -0.15) is 9.67 Å². The van der Waals surface area contributed by atoms with E-state index in [0.717, 1.165) is 10.9 Å². The molecule has 5 heterocycles. The number of hydrogen-bond acceptors (Lipinski definition) is 10. The number of aliphatic hydroxyl groups is 1. The molecular weight excluding hydrogens is 538 g/mol. The minimum absolute atomic E-state index is 0.0770. The molecule has 0 radical (unpaired) electrons. The average molecular weight is 562 g/mol. The number of rotatable bonds is 6. The Labute approximate surface area is 237 Å². The van der Waals surface area contributed by atoms with Crippen molar-refractivity contribution in [1.82, 2.24) is 29.9 Å². The fraction of sp³-hybridized carbons (Fsp3) is 0.100. The quantitative estimate of drug-likeness (QED) is 0.238. The van der Waals surface area contributed by atoms with Crippen LogP contribution in [0.15, 0.2) is 88.9 Å². The first-order chi connectivity index (χ1) is 19.8. The number of nitrogen functional groups attached to an aromatic ring is 1. The molecule has 7 aromatic rings. The first-order valence-electron chi connectivity index (χ1n) is 12.8. The van der Waals surface area contributed by atoms with E-state index in [0.29, 0.717) is 51.2 Å². The number of anilines is 1. The Morgan fingerprint density at radius 1 is 0.976 bits per heavy atom. The van der Waals surface area contributed by atoms with Gasteiger partial charge in [0.1, 0.15) is 22.6 Å². The van der Waals surface area contributed by atoms with Crippen molar-refractivity contribution >= 4 is 38.4 Å². The Morgan fingerprint density at radius 3 is 2.71 bits per heavy atom. The van der Waals surface area contributed by atoms with Crippen LogP contribution in [-0.2, 0) is 5.60 Å². The zero-order valence-electron chi connectivity index (χ0n) is 22.0. The van der Waals surface area contributed by atoms with Crippen LogP contribution in [0.3, 0.4) is 0 Å². The topological polar surface area (TPSA) is 138 Å². The number of benzene rings is 2. The molecule has 0 spiro atoms. The van der Waals surface area contributed by atoms with Crippen LogP contribution in [0.4, 0.5) is 5.95 Å². The summed E-state index contributed by atoms with van der Waals surface area (Å²) in [5.74, 6) is 1.98. The zero-order chi connectivity index (χ0) is 28.1. The second-order valence-electron chi connectivity index (χ2n) is 9.95. The summed E-state index contributed by atoms with van der Waals surface area (Å²) in [4.78, 5) is 13.6. The van der Waals surface area contributed by atoms with Crippen LogP contribution in [-0.4, -0.2) is 35.1 Å². The molecule has 0 aliphatic rings. The molecule has 0 amide bonds. The molecule has 41 heavy (non-hydrogen) atoms. The Hall–Kier alpha value is -5.13. The highest BCUT2D eigenvalue weighted by Gasteiger charge is 2.23. The molecule has 7 rings (SSSR count). The zero-order valence-corrected chi connectivity index (χ0v) is 22.8. The second kappa shape index (κ2) is 9.51. The molecule has 2 aromatic carbocycles. The predicted molar refractivity (Wildman–Crippen MR) is 157 cm³/mol. The molecule has 0 atom stereocenters. The van der Waals surface area contributed by atoms with Crippen LogP contribution < -0.4 is 10.5 Å². The van der Waals surface area contributed by atoms with Crippen molar-refractivity contribution in [3.8, 4) is 40.0 Å². The Balaban J connectivity index is 1.35. The number of pyridine rings is 1. The molecule has 0 saturated carbocycles. The summed E-state index contributed by atoms with van der Waals surface area (Å²) in [5.41, 5.74) is 9.05. The van der Waals surface area contributed by atoms with Gasteiger partial charge in [-0.3, -0.25) is 0 Å². The average Bonchev–Trinajstić information content (AvgIpc) is 3.73. The summed E-state index contributed by atoms with van der Waals surface area (Å²) in [6, 6.07) is 22.6. The molecule has 5 aromatic heterocycles. The molecule has 0 fully saturated rings. The largest absolute Gasteiger partial charge is 0.463 e. The van der Waals surface area contributed by atoms with Crippen LogP contribution in [0, 0.1) is 0 Å². The smallest absolute Gasteiger partial charge is 0.222 e. The first kappa shape index (κ1) is 24.9. The maximum atomic E-state index is 10.3. The molecule has 0 aliphatic heterocycles. The van der Waals surface area contributed by atoms with E-state index in [1.54, 1.807) is 72.5 Å². The van der Waals surface area contributed by atoms with Gasteiger partial charge in [0.25, 0.3) is 0 Å². The van der Waals surface area contributed by atoms with Gasteiger partial charge < -0.3 is 20.0 Å². The molecule has 3 N–H and O–H groups in total. The molecule has 0 bridgehead atoms. The van der Waals surface area contributed by atoms with Crippen molar-refractivity contribution in [3.63, 3.8) is 0 Å². The van der Waals surface area contributed by atoms with Gasteiger partial charge in [-0.25, -0.2) is 9.97 Å². The number of furan rings is 1. The lowest BCUT2D eigenvalue weighted by atomic mass is 10.0. The van der Waals surface area contributed by atoms with Crippen LogP contribution >= 0.6 is 11.3 Å². The SMILES string of the molecule is CC(C)(O)c1cccc(Oc2ccc3c(c2)nnn3-c2nc(N)nc(-c3ccco3)c2-c2ccc3sccc3c2)n1. The van der Waals surface area contributed by atoms with Crippen LogP contribution in [0.25, 0.3) is 49.5 Å². The van der Waals surface area contributed by atoms with Crippen molar-refractivity contribution in [2.45, 2.75) is 19.4 Å². The van der Waals surface area contributed by atoms with Gasteiger partial charge in [0.05, 0.1) is 23.0 Å². The molecule has 11 heteroatoms. The fourth-order valence-electron chi connectivity index (χ4n) is 4.66. The van der Waals surface area contributed by atoms with Crippen LogP contribution in [0.1, 0.15) is 19.5 Å². The highest BCUT2D eigenvalue weighted by atomic mass is 32.1. The van der Waals surface area contributed by atoms with E-state index in [2.05, 4.69) is 48.8 Å². The summed E-state index contributed by atoms with van der Waals surface area (Å²) in [7, 11) is 0. The van der Waals surface area contributed by atoms with Crippen molar-refractivity contribution in [2.75, 3.05) is 5.73 Å². The number of nitrogens with two attached hydrogens (primary N) is 1. The third-order valence-corrected chi connectivity index (χ3v) is 7.49. The lowest BCUT2D eigenvalue weighted by Gasteiger charge is -2.17. The molecule has 10 nitrogen and oxygen atoms in total. The van der Waals surface area contributed by atoms with Gasteiger partial charge in [-0.1, -0.05) is 17.3 Å².